The molecule has 1 fully saturated rings. The van der Waals surface area contributed by atoms with Gasteiger partial charge in [-0.2, -0.15) is 0 Å². The highest BCUT2D eigenvalue weighted by Gasteiger charge is 2.42. The minimum Gasteiger partial charge on any atom is -0.491 e. The molecule has 3 rings (SSSR count). The van der Waals surface area contributed by atoms with Crippen molar-refractivity contribution in [2.45, 2.75) is 36.6 Å². The van der Waals surface area contributed by atoms with Crippen molar-refractivity contribution >= 4 is 21.6 Å². The zero-order valence-electron chi connectivity index (χ0n) is 15.5. The number of hydrogen-bond acceptors (Lipinski definition) is 4. The van der Waals surface area contributed by atoms with Crippen molar-refractivity contribution in [3.05, 3.63) is 58.6 Å². The molecule has 0 saturated heterocycles. The molecule has 0 amide bonds. The van der Waals surface area contributed by atoms with Crippen molar-refractivity contribution in [3.8, 4) is 5.75 Å². The molecular weight excluding hydrogens is 386 g/mol. The van der Waals surface area contributed by atoms with Gasteiger partial charge in [0, 0.05) is 12.1 Å². The molecule has 0 aromatic heterocycles. The van der Waals surface area contributed by atoms with Gasteiger partial charge in [0.1, 0.15) is 12.4 Å². The normalized spacial score (nSPS) is 16.0. The number of benzene rings is 2. The summed E-state index contributed by atoms with van der Waals surface area (Å²) >= 11 is 5.97. The van der Waals surface area contributed by atoms with Gasteiger partial charge in [-0.05, 0) is 67.6 Å². The summed E-state index contributed by atoms with van der Waals surface area (Å²) in [5, 5.41) is 0.635. The Morgan fingerprint density at radius 2 is 1.81 bits per heavy atom. The van der Waals surface area contributed by atoms with E-state index in [0.29, 0.717) is 24.0 Å². The van der Waals surface area contributed by atoms with E-state index in [2.05, 4.69) is 4.72 Å². The fourth-order valence-electron chi connectivity index (χ4n) is 3.25. The summed E-state index contributed by atoms with van der Waals surface area (Å²) in [7, 11) is -2.06. The van der Waals surface area contributed by atoms with Crippen LogP contribution >= 0.6 is 11.6 Å². The van der Waals surface area contributed by atoms with Crippen LogP contribution in [0.5, 0.6) is 5.75 Å². The Balaban J connectivity index is 1.81. The third kappa shape index (κ3) is 4.46. The molecule has 5 nitrogen and oxygen atoms in total. The molecule has 0 spiro atoms. The Bertz CT molecular complexity index is 893. The molecule has 0 bridgehead atoms. The first-order chi connectivity index (χ1) is 12.9. The maximum Gasteiger partial charge on any atom is 0.241 e. The van der Waals surface area contributed by atoms with Crippen LogP contribution in [0.15, 0.2) is 47.4 Å². The Morgan fingerprint density at radius 3 is 2.37 bits per heavy atom. The molecule has 1 saturated carbocycles. The van der Waals surface area contributed by atoms with Gasteiger partial charge >= 0.3 is 0 Å². The van der Waals surface area contributed by atoms with Crippen LogP contribution in [0.25, 0.3) is 0 Å². The van der Waals surface area contributed by atoms with Crippen molar-refractivity contribution in [3.63, 3.8) is 0 Å². The lowest BCUT2D eigenvalue weighted by Gasteiger charge is -2.42. The lowest BCUT2D eigenvalue weighted by Crippen LogP contribution is -2.50. The molecular formula is C20H24ClNO4S. The van der Waals surface area contributed by atoms with Gasteiger partial charge in [-0.3, -0.25) is 0 Å². The summed E-state index contributed by atoms with van der Waals surface area (Å²) in [6, 6.07) is 12.3. The van der Waals surface area contributed by atoms with Gasteiger partial charge in [0.05, 0.1) is 17.0 Å². The summed E-state index contributed by atoms with van der Waals surface area (Å²) in [6.45, 7) is 2.73. The quantitative estimate of drug-likeness (QED) is 0.668. The van der Waals surface area contributed by atoms with Crippen LogP contribution in [0.1, 0.15) is 30.4 Å². The van der Waals surface area contributed by atoms with Crippen molar-refractivity contribution in [1.29, 1.82) is 0 Å². The number of nitrogens with one attached hydrogen (secondary N) is 1. The van der Waals surface area contributed by atoms with Gasteiger partial charge in [-0.1, -0.05) is 23.7 Å². The Morgan fingerprint density at radius 1 is 1.11 bits per heavy atom. The van der Waals surface area contributed by atoms with Crippen molar-refractivity contribution < 1.29 is 17.9 Å². The number of rotatable bonds is 8. The van der Waals surface area contributed by atoms with Crippen LogP contribution in [0.3, 0.4) is 0 Å². The van der Waals surface area contributed by atoms with Gasteiger partial charge < -0.3 is 9.47 Å². The zero-order valence-corrected chi connectivity index (χ0v) is 17.1. The van der Waals surface area contributed by atoms with Crippen LogP contribution in [0.4, 0.5) is 0 Å². The van der Waals surface area contributed by atoms with Gasteiger partial charge in [0.2, 0.25) is 10.0 Å². The molecule has 0 radical (unpaired) electrons. The van der Waals surface area contributed by atoms with E-state index in [1.807, 2.05) is 19.1 Å². The van der Waals surface area contributed by atoms with Crippen molar-refractivity contribution in [2.24, 2.45) is 0 Å². The second kappa shape index (κ2) is 8.19. The number of aryl methyl sites for hydroxylation is 1. The average molecular weight is 410 g/mol. The van der Waals surface area contributed by atoms with E-state index in [4.69, 9.17) is 21.1 Å². The molecule has 1 aliphatic carbocycles. The van der Waals surface area contributed by atoms with Gasteiger partial charge in [0.25, 0.3) is 0 Å². The lowest BCUT2D eigenvalue weighted by atomic mass is 9.73. The predicted molar refractivity (Wildman–Crippen MR) is 106 cm³/mol. The highest BCUT2D eigenvalue weighted by molar-refractivity contribution is 7.89. The Hall–Kier alpha value is -1.60. The molecule has 1 aliphatic rings. The van der Waals surface area contributed by atoms with Crippen LogP contribution in [0.2, 0.25) is 5.02 Å². The van der Waals surface area contributed by atoms with Crippen LogP contribution < -0.4 is 9.46 Å². The topological polar surface area (TPSA) is 64.6 Å². The van der Waals surface area contributed by atoms with Crippen LogP contribution in [-0.2, 0) is 20.3 Å². The van der Waals surface area contributed by atoms with Crippen LogP contribution in [-0.4, -0.2) is 28.7 Å². The summed E-state index contributed by atoms with van der Waals surface area (Å²) < 4.78 is 39.5. The first kappa shape index (κ1) is 20.1. The summed E-state index contributed by atoms with van der Waals surface area (Å²) in [5.41, 5.74) is 1.14. The van der Waals surface area contributed by atoms with Crippen molar-refractivity contribution in [1.82, 2.24) is 4.72 Å². The lowest BCUT2D eigenvalue weighted by molar-refractivity contribution is 0.146. The molecule has 27 heavy (non-hydrogen) atoms. The van der Waals surface area contributed by atoms with E-state index in [0.717, 1.165) is 30.4 Å². The molecule has 2 aromatic carbocycles. The first-order valence-electron chi connectivity index (χ1n) is 8.89. The smallest absolute Gasteiger partial charge is 0.241 e. The van der Waals surface area contributed by atoms with E-state index in [-0.39, 0.29) is 4.90 Å². The molecule has 146 valence electrons. The van der Waals surface area contributed by atoms with E-state index in [9.17, 15) is 8.42 Å². The molecule has 2 aromatic rings. The predicted octanol–water partition coefficient (Wildman–Crippen LogP) is 4.03. The van der Waals surface area contributed by atoms with Gasteiger partial charge in [0.15, 0.2) is 0 Å². The largest absolute Gasteiger partial charge is 0.491 e. The van der Waals surface area contributed by atoms with E-state index < -0.39 is 15.6 Å². The Kier molecular flexibility index (Phi) is 6.11. The maximum atomic E-state index is 13.0. The Labute approximate surface area is 165 Å². The van der Waals surface area contributed by atoms with Gasteiger partial charge in [-0.15, -0.1) is 0 Å². The average Bonchev–Trinajstić information content (AvgIpc) is 2.60. The standard InChI is InChI=1S/C20H24ClNO4S/c1-15-14-18(8-9-19(15)26-13-12-25-2)27(23,24)22-20(10-3-11-20)16-4-6-17(21)7-5-16/h4-9,14,22H,3,10-13H2,1-2H3. The molecule has 0 heterocycles. The maximum absolute atomic E-state index is 13.0. The number of sulfonamides is 1. The zero-order chi connectivity index (χ0) is 19.5. The van der Waals surface area contributed by atoms with E-state index in [1.165, 1.54) is 0 Å². The number of hydrogen-bond donors (Lipinski definition) is 1. The van der Waals surface area contributed by atoms with E-state index >= 15 is 0 Å². The minimum atomic E-state index is -3.66. The highest BCUT2D eigenvalue weighted by Crippen LogP contribution is 2.42. The monoisotopic (exact) mass is 409 g/mol. The van der Waals surface area contributed by atoms with Gasteiger partial charge in [-0.25, -0.2) is 13.1 Å². The molecule has 0 unspecified atom stereocenters. The summed E-state index contributed by atoms with van der Waals surface area (Å²) in [6.07, 6.45) is 2.52. The first-order valence-corrected chi connectivity index (χ1v) is 10.7. The number of halogens is 1. The van der Waals surface area contributed by atoms with Crippen molar-refractivity contribution in [2.75, 3.05) is 20.3 Å². The molecule has 1 N–H and O–H groups in total. The van der Waals surface area contributed by atoms with Crippen LogP contribution in [0, 0.1) is 6.92 Å². The molecule has 7 heteroatoms. The second-order valence-corrected chi connectivity index (χ2v) is 8.94. The third-order valence-electron chi connectivity index (χ3n) is 4.94. The fourth-order valence-corrected chi connectivity index (χ4v) is 4.91. The molecule has 0 atom stereocenters. The summed E-state index contributed by atoms with van der Waals surface area (Å²) in [4.78, 5) is 0.235. The SMILES string of the molecule is COCCOc1ccc(S(=O)(=O)NC2(c3ccc(Cl)cc3)CCC2)cc1C. The fraction of sp³-hybridized carbons (Fsp3) is 0.400. The minimum absolute atomic E-state index is 0.235. The summed E-state index contributed by atoms with van der Waals surface area (Å²) in [5.74, 6) is 0.655. The highest BCUT2D eigenvalue weighted by atomic mass is 35.5. The third-order valence-corrected chi connectivity index (χ3v) is 6.72. The second-order valence-electron chi connectivity index (χ2n) is 6.82. The number of methoxy groups -OCH3 is 1. The number of ether oxygens (including phenoxy) is 2. The van der Waals surface area contributed by atoms with E-state index in [1.54, 1.807) is 37.4 Å². The molecule has 0 aliphatic heterocycles.